The largest absolute Gasteiger partial charge is 0.493 e. The van der Waals surface area contributed by atoms with Crippen molar-refractivity contribution in [3.63, 3.8) is 0 Å². The van der Waals surface area contributed by atoms with Crippen molar-refractivity contribution in [3.05, 3.63) is 91.3 Å². The van der Waals surface area contributed by atoms with E-state index in [9.17, 15) is 14.4 Å². The van der Waals surface area contributed by atoms with E-state index >= 15 is 0 Å². The molecule has 0 heterocycles. The Labute approximate surface area is 209 Å². The summed E-state index contributed by atoms with van der Waals surface area (Å²) in [4.78, 5) is 12.7. The van der Waals surface area contributed by atoms with Gasteiger partial charge in [-0.15, -0.1) is 0 Å². The van der Waals surface area contributed by atoms with Crippen molar-refractivity contribution in [3.8, 4) is 17.6 Å². The number of hydrogen-bond donors (Lipinski definition) is 1. The molecule has 3 aromatic rings. The second-order valence-corrected chi connectivity index (χ2v) is 8.63. The van der Waals surface area contributed by atoms with Crippen molar-refractivity contribution < 1.29 is 18.7 Å². The minimum atomic E-state index is -0.548. The van der Waals surface area contributed by atoms with E-state index < -0.39 is 5.91 Å². The number of benzene rings is 3. The van der Waals surface area contributed by atoms with Gasteiger partial charge in [0.1, 0.15) is 24.1 Å². The van der Waals surface area contributed by atoms with Crippen LogP contribution in [0.25, 0.3) is 6.08 Å². The molecule has 0 unspecified atom stereocenters. The molecular weight excluding hydrogens is 558 g/mol. The molecule has 0 aliphatic rings. The Balaban J connectivity index is 1.83. The fourth-order valence-corrected chi connectivity index (χ4v) is 3.89. The van der Waals surface area contributed by atoms with Crippen LogP contribution >= 0.6 is 34.2 Å². The molecule has 3 aromatic carbocycles. The number of nitriles is 1. The van der Waals surface area contributed by atoms with Gasteiger partial charge in [0.25, 0.3) is 5.91 Å². The summed E-state index contributed by atoms with van der Waals surface area (Å²) < 4.78 is 25.2. The van der Waals surface area contributed by atoms with E-state index in [4.69, 9.17) is 21.1 Å². The predicted molar refractivity (Wildman–Crippen MR) is 135 cm³/mol. The van der Waals surface area contributed by atoms with Gasteiger partial charge >= 0.3 is 0 Å². The Bertz CT molecular complexity index is 1250. The number of amides is 1. The van der Waals surface area contributed by atoms with Crippen LogP contribution in [0.15, 0.2) is 60.2 Å². The first-order chi connectivity index (χ1) is 15.8. The summed E-state index contributed by atoms with van der Waals surface area (Å²) in [6.07, 6.45) is 1.48. The maximum absolute atomic E-state index is 13.1. The second-order valence-electron chi connectivity index (χ2n) is 7.03. The van der Waals surface area contributed by atoms with E-state index in [0.717, 1.165) is 14.7 Å². The molecule has 5 nitrogen and oxygen atoms in total. The summed E-state index contributed by atoms with van der Waals surface area (Å²) in [5, 5.41) is 12.8. The van der Waals surface area contributed by atoms with E-state index in [1.54, 1.807) is 42.5 Å². The molecular formula is C25H19ClFIN2O3. The van der Waals surface area contributed by atoms with Gasteiger partial charge in [-0.25, -0.2) is 4.39 Å². The number of rotatable bonds is 7. The Morgan fingerprint density at radius 2 is 1.94 bits per heavy atom. The third-order valence-electron chi connectivity index (χ3n) is 4.67. The zero-order valence-corrected chi connectivity index (χ0v) is 20.7. The number of carbonyl (C=O) groups is 1. The number of carbonyl (C=O) groups excluding carboxylic acids is 1. The molecule has 0 spiro atoms. The van der Waals surface area contributed by atoms with Crippen molar-refractivity contribution in [2.45, 2.75) is 13.5 Å². The monoisotopic (exact) mass is 576 g/mol. The van der Waals surface area contributed by atoms with Gasteiger partial charge < -0.3 is 14.8 Å². The number of ether oxygens (including phenoxy) is 2. The summed E-state index contributed by atoms with van der Waals surface area (Å²) in [7, 11) is 1.50. The van der Waals surface area contributed by atoms with E-state index in [0.29, 0.717) is 27.8 Å². The third kappa shape index (κ3) is 6.46. The highest BCUT2D eigenvalue weighted by Gasteiger charge is 2.15. The molecule has 3 rings (SSSR count). The van der Waals surface area contributed by atoms with Gasteiger partial charge in [0.2, 0.25) is 0 Å². The summed E-state index contributed by atoms with van der Waals surface area (Å²) >= 11 is 8.10. The average Bonchev–Trinajstić information content (AvgIpc) is 2.79. The van der Waals surface area contributed by atoms with Gasteiger partial charge in [-0.1, -0.05) is 29.8 Å². The number of hydrogen-bond acceptors (Lipinski definition) is 4. The number of aryl methyl sites for hydroxylation is 1. The lowest BCUT2D eigenvalue weighted by molar-refractivity contribution is -0.112. The molecule has 0 fully saturated rings. The summed E-state index contributed by atoms with van der Waals surface area (Å²) in [5.41, 5.74) is 2.68. The van der Waals surface area contributed by atoms with Crippen molar-refractivity contribution >= 4 is 51.9 Å². The molecule has 1 N–H and O–H groups in total. The van der Waals surface area contributed by atoms with Crippen molar-refractivity contribution in [1.82, 2.24) is 0 Å². The number of halogens is 3. The first-order valence-electron chi connectivity index (χ1n) is 9.74. The van der Waals surface area contributed by atoms with Crippen LogP contribution in [0.5, 0.6) is 11.5 Å². The normalized spacial score (nSPS) is 11.0. The number of methoxy groups -OCH3 is 1. The molecule has 0 saturated heterocycles. The number of nitrogens with one attached hydrogen (secondary N) is 1. The second kappa shape index (κ2) is 11.2. The molecule has 0 bridgehead atoms. The number of nitrogens with zero attached hydrogens (tertiary/aromatic N) is 1. The molecule has 168 valence electrons. The highest BCUT2D eigenvalue weighted by Crippen LogP contribution is 2.35. The van der Waals surface area contributed by atoms with Crippen LogP contribution in [0.3, 0.4) is 0 Å². The van der Waals surface area contributed by atoms with E-state index in [1.807, 2.05) is 13.0 Å². The maximum Gasteiger partial charge on any atom is 0.266 e. The molecule has 0 aromatic heterocycles. The molecule has 33 heavy (non-hydrogen) atoms. The van der Waals surface area contributed by atoms with Crippen LogP contribution in [0.1, 0.15) is 16.7 Å². The maximum atomic E-state index is 13.1. The lowest BCUT2D eigenvalue weighted by Gasteiger charge is -2.14. The predicted octanol–water partition coefficient (Wildman–Crippen LogP) is 6.53. The van der Waals surface area contributed by atoms with E-state index in [1.165, 1.54) is 25.3 Å². The molecule has 1 amide bonds. The Kier molecular flexibility index (Phi) is 8.31. The molecule has 0 atom stereocenters. The standard InChI is InChI=1S/C25H19ClFIN2O3/c1-15-3-6-19(26)12-22(15)30-25(31)18(13-29)9-17-10-21(28)24(23(11-17)32-2)33-14-16-4-7-20(27)8-5-16/h3-12H,14H2,1-2H3,(H,30,31)/b18-9+. The van der Waals surface area contributed by atoms with Gasteiger partial charge in [0.15, 0.2) is 11.5 Å². The fraction of sp³-hybridized carbons (Fsp3) is 0.120. The van der Waals surface area contributed by atoms with Gasteiger partial charge in [-0.05, 0) is 88.7 Å². The first kappa shape index (κ1) is 24.6. The number of anilines is 1. The first-order valence-corrected chi connectivity index (χ1v) is 11.2. The third-order valence-corrected chi connectivity index (χ3v) is 5.71. The van der Waals surface area contributed by atoms with Crippen LogP contribution in [0, 0.1) is 27.6 Å². The molecule has 8 heteroatoms. The quantitative estimate of drug-likeness (QED) is 0.197. The Hall–Kier alpha value is -3.09. The Morgan fingerprint density at radius 1 is 1.21 bits per heavy atom. The lowest BCUT2D eigenvalue weighted by atomic mass is 10.1. The van der Waals surface area contributed by atoms with Gasteiger partial charge in [0.05, 0.1) is 10.7 Å². The van der Waals surface area contributed by atoms with Gasteiger partial charge in [0, 0.05) is 10.7 Å². The minimum absolute atomic E-state index is 0.0767. The minimum Gasteiger partial charge on any atom is -0.493 e. The Morgan fingerprint density at radius 3 is 2.61 bits per heavy atom. The lowest BCUT2D eigenvalue weighted by Crippen LogP contribution is -2.14. The van der Waals surface area contributed by atoms with Crippen LogP contribution < -0.4 is 14.8 Å². The van der Waals surface area contributed by atoms with Crippen LogP contribution in [0.2, 0.25) is 5.02 Å². The van der Waals surface area contributed by atoms with Crippen molar-refractivity contribution in [2.75, 3.05) is 12.4 Å². The van der Waals surface area contributed by atoms with Gasteiger partial charge in [-0.2, -0.15) is 5.26 Å². The SMILES string of the molecule is COc1cc(/C=C(\C#N)C(=O)Nc2cc(Cl)ccc2C)cc(I)c1OCc1ccc(F)cc1. The smallest absolute Gasteiger partial charge is 0.266 e. The summed E-state index contributed by atoms with van der Waals surface area (Å²) in [6.45, 7) is 2.06. The van der Waals surface area contributed by atoms with Crippen LogP contribution in [-0.4, -0.2) is 13.0 Å². The fourth-order valence-electron chi connectivity index (χ4n) is 2.93. The van der Waals surface area contributed by atoms with E-state index in [-0.39, 0.29) is 18.0 Å². The molecule has 0 radical (unpaired) electrons. The van der Waals surface area contributed by atoms with E-state index in [2.05, 4.69) is 27.9 Å². The van der Waals surface area contributed by atoms with Crippen LogP contribution in [0.4, 0.5) is 10.1 Å². The summed E-state index contributed by atoms with van der Waals surface area (Å²) in [6, 6.07) is 16.6. The molecule has 0 saturated carbocycles. The summed E-state index contributed by atoms with van der Waals surface area (Å²) in [5.74, 6) is 0.0918. The molecule has 0 aliphatic carbocycles. The highest BCUT2D eigenvalue weighted by atomic mass is 127. The van der Waals surface area contributed by atoms with Gasteiger partial charge in [-0.3, -0.25) is 4.79 Å². The highest BCUT2D eigenvalue weighted by molar-refractivity contribution is 14.1. The average molecular weight is 577 g/mol. The van der Waals surface area contributed by atoms with Crippen molar-refractivity contribution in [1.29, 1.82) is 5.26 Å². The molecule has 0 aliphatic heterocycles. The zero-order chi connectivity index (χ0) is 24.0. The topological polar surface area (TPSA) is 71.3 Å². The zero-order valence-electron chi connectivity index (χ0n) is 17.8. The van der Waals surface area contributed by atoms with Crippen molar-refractivity contribution in [2.24, 2.45) is 0 Å². The van der Waals surface area contributed by atoms with Crippen LogP contribution in [-0.2, 0) is 11.4 Å².